The van der Waals surface area contributed by atoms with Crippen molar-refractivity contribution in [2.45, 2.75) is 6.92 Å². The van der Waals surface area contributed by atoms with Crippen molar-refractivity contribution < 1.29 is 14.4 Å². The maximum atomic E-state index is 11.3. The van der Waals surface area contributed by atoms with Crippen LogP contribution in [0.4, 0.5) is 0 Å². The zero-order valence-corrected chi connectivity index (χ0v) is 7.24. The first-order valence-electron chi connectivity index (χ1n) is 3.86. The Morgan fingerprint density at radius 2 is 2.23 bits per heavy atom. The van der Waals surface area contributed by atoms with Gasteiger partial charge in [-0.2, -0.15) is 0 Å². The second-order valence-electron chi connectivity index (χ2n) is 2.51. The van der Waals surface area contributed by atoms with Crippen LogP contribution in [-0.4, -0.2) is 29.0 Å². The first kappa shape index (κ1) is 9.38. The van der Waals surface area contributed by atoms with Crippen LogP contribution in [0, 0.1) is 0 Å². The lowest BCUT2D eigenvalue weighted by molar-refractivity contribution is -0.137. The van der Waals surface area contributed by atoms with Crippen molar-refractivity contribution in [1.82, 2.24) is 4.90 Å². The van der Waals surface area contributed by atoms with Crippen LogP contribution in [0.1, 0.15) is 6.92 Å². The summed E-state index contributed by atoms with van der Waals surface area (Å²) >= 11 is 0. The van der Waals surface area contributed by atoms with E-state index in [-0.39, 0.29) is 12.1 Å². The van der Waals surface area contributed by atoms with E-state index in [4.69, 9.17) is 0 Å². The van der Waals surface area contributed by atoms with Crippen LogP contribution in [-0.2, 0) is 14.4 Å². The largest absolute Gasteiger partial charge is 0.289 e. The number of ketones is 1. The molecule has 0 saturated carbocycles. The average Bonchev–Trinajstić information content (AvgIpc) is 2.40. The van der Waals surface area contributed by atoms with Crippen LogP contribution in [0.2, 0.25) is 0 Å². The van der Waals surface area contributed by atoms with E-state index in [0.29, 0.717) is 0 Å². The molecule has 0 aromatic carbocycles. The molecule has 1 rings (SSSR count). The summed E-state index contributed by atoms with van der Waals surface area (Å²) in [4.78, 5) is 34.5. The fraction of sp³-hybridized carbons (Fsp3) is 0.222. The van der Waals surface area contributed by atoms with E-state index in [1.54, 1.807) is 6.92 Å². The van der Waals surface area contributed by atoms with E-state index < -0.39 is 17.6 Å². The van der Waals surface area contributed by atoms with Crippen molar-refractivity contribution in [3.8, 4) is 0 Å². The molecule has 0 radical (unpaired) electrons. The highest BCUT2D eigenvalue weighted by Crippen LogP contribution is 2.13. The molecule has 4 nitrogen and oxygen atoms in total. The second kappa shape index (κ2) is 3.35. The van der Waals surface area contributed by atoms with E-state index in [1.165, 1.54) is 0 Å². The van der Waals surface area contributed by atoms with Crippen LogP contribution in [0.5, 0.6) is 0 Å². The third-order valence-electron chi connectivity index (χ3n) is 1.78. The predicted octanol–water partition coefficient (Wildman–Crippen LogP) is 0.0566. The van der Waals surface area contributed by atoms with Gasteiger partial charge in [0.25, 0.3) is 11.8 Å². The van der Waals surface area contributed by atoms with Crippen LogP contribution in [0.25, 0.3) is 0 Å². The van der Waals surface area contributed by atoms with Gasteiger partial charge in [0.1, 0.15) is 0 Å². The lowest BCUT2D eigenvalue weighted by Crippen LogP contribution is -2.31. The molecule has 4 heteroatoms. The summed E-state index contributed by atoms with van der Waals surface area (Å²) in [7, 11) is 0. The first-order valence-corrected chi connectivity index (χ1v) is 3.86. The Balaban J connectivity index is 2.98. The third kappa shape index (κ3) is 1.42. The summed E-state index contributed by atoms with van der Waals surface area (Å²) < 4.78 is 0. The van der Waals surface area contributed by atoms with Crippen molar-refractivity contribution in [2.24, 2.45) is 0 Å². The van der Waals surface area contributed by atoms with Crippen molar-refractivity contribution in [1.29, 1.82) is 0 Å². The number of carbonyl (C=O) groups excluding carboxylic acids is 3. The Bertz CT molecular complexity index is 328. The molecule has 0 unspecified atom stereocenters. The average molecular weight is 179 g/mol. The van der Waals surface area contributed by atoms with E-state index >= 15 is 0 Å². The van der Waals surface area contributed by atoms with E-state index in [9.17, 15) is 14.4 Å². The molecule has 0 aromatic heterocycles. The van der Waals surface area contributed by atoms with Crippen LogP contribution in [0.15, 0.2) is 24.3 Å². The number of imide groups is 1. The number of carbonyl (C=O) groups is 3. The maximum Gasteiger partial charge on any atom is 0.264 e. The number of allylic oxidation sites excluding steroid dienone is 1. The minimum Gasteiger partial charge on any atom is -0.289 e. The molecule has 0 aromatic rings. The lowest BCUT2D eigenvalue weighted by Gasteiger charge is -2.09. The van der Waals surface area contributed by atoms with Gasteiger partial charge in [-0.1, -0.05) is 6.58 Å². The molecule has 1 heterocycles. The molecule has 68 valence electrons. The number of amides is 2. The first-order chi connectivity index (χ1) is 6.11. The summed E-state index contributed by atoms with van der Waals surface area (Å²) in [6.45, 7) is 5.19. The molecule has 0 aliphatic carbocycles. The molecule has 13 heavy (non-hydrogen) atoms. The lowest BCUT2D eigenvalue weighted by atomic mass is 10.2. The molecule has 0 N–H and O–H groups in total. The van der Waals surface area contributed by atoms with Gasteiger partial charge in [0.2, 0.25) is 0 Å². The van der Waals surface area contributed by atoms with E-state index in [1.807, 2.05) is 0 Å². The van der Waals surface area contributed by atoms with Crippen LogP contribution < -0.4 is 0 Å². The van der Waals surface area contributed by atoms with Gasteiger partial charge in [-0.25, -0.2) is 0 Å². The zero-order valence-electron chi connectivity index (χ0n) is 7.24. The van der Waals surface area contributed by atoms with Gasteiger partial charge in [-0.3, -0.25) is 19.3 Å². The Morgan fingerprint density at radius 3 is 2.62 bits per heavy atom. The highest BCUT2D eigenvalue weighted by molar-refractivity contribution is 6.32. The minimum atomic E-state index is -0.530. The van der Waals surface area contributed by atoms with Crippen LogP contribution >= 0.6 is 0 Å². The molecule has 0 bridgehead atoms. The van der Waals surface area contributed by atoms with Gasteiger partial charge in [-0.15, -0.1) is 0 Å². The van der Waals surface area contributed by atoms with Gasteiger partial charge >= 0.3 is 0 Å². The number of likely N-dealkylation sites (N-methyl/N-ethyl adjacent to an activating group) is 1. The van der Waals surface area contributed by atoms with E-state index in [0.717, 1.165) is 17.1 Å². The quantitative estimate of drug-likeness (QED) is 0.349. The molecule has 1 aliphatic rings. The highest BCUT2D eigenvalue weighted by Gasteiger charge is 2.32. The van der Waals surface area contributed by atoms with Gasteiger partial charge in [-0.05, 0) is 13.0 Å². The van der Waals surface area contributed by atoms with Crippen molar-refractivity contribution in [2.75, 3.05) is 6.54 Å². The third-order valence-corrected chi connectivity index (χ3v) is 1.78. The second-order valence-corrected chi connectivity index (χ2v) is 2.51. The predicted molar refractivity (Wildman–Crippen MR) is 45.7 cm³/mol. The highest BCUT2D eigenvalue weighted by atomic mass is 16.2. The molecule has 0 fully saturated rings. The van der Waals surface area contributed by atoms with Gasteiger partial charge in [0.15, 0.2) is 5.78 Å². The maximum absolute atomic E-state index is 11.3. The SMILES string of the molecule is C=CC(=O)C1=CC(=O)N(CC)C1=O. The van der Waals surface area contributed by atoms with E-state index in [2.05, 4.69) is 6.58 Å². The Hall–Kier alpha value is -1.71. The number of nitrogens with zero attached hydrogens (tertiary/aromatic N) is 1. The molecule has 0 saturated heterocycles. The number of hydrogen-bond donors (Lipinski definition) is 0. The van der Waals surface area contributed by atoms with Gasteiger partial charge in [0.05, 0.1) is 5.57 Å². The fourth-order valence-electron chi connectivity index (χ4n) is 1.09. The number of rotatable bonds is 3. The minimum absolute atomic E-state index is 0.0955. The monoisotopic (exact) mass is 179 g/mol. The van der Waals surface area contributed by atoms with Crippen molar-refractivity contribution in [3.63, 3.8) is 0 Å². The topological polar surface area (TPSA) is 54.5 Å². The summed E-state index contributed by atoms with van der Waals surface area (Å²) in [6, 6.07) is 0. The van der Waals surface area contributed by atoms with Crippen molar-refractivity contribution in [3.05, 3.63) is 24.3 Å². The van der Waals surface area contributed by atoms with Gasteiger partial charge in [0, 0.05) is 12.6 Å². The summed E-state index contributed by atoms with van der Waals surface area (Å²) in [5.41, 5.74) is -0.0955. The summed E-state index contributed by atoms with van der Waals surface area (Å²) in [5, 5.41) is 0. The Labute approximate surface area is 75.5 Å². The molecule has 1 aliphatic heterocycles. The Morgan fingerprint density at radius 1 is 1.62 bits per heavy atom. The molecule has 2 amide bonds. The summed E-state index contributed by atoms with van der Waals surface area (Å²) in [5.74, 6) is -1.47. The smallest absolute Gasteiger partial charge is 0.264 e. The molecular weight excluding hydrogens is 170 g/mol. The fourth-order valence-corrected chi connectivity index (χ4v) is 1.09. The number of hydrogen-bond acceptors (Lipinski definition) is 3. The van der Waals surface area contributed by atoms with Crippen molar-refractivity contribution >= 4 is 17.6 Å². The zero-order chi connectivity index (χ0) is 10.0. The van der Waals surface area contributed by atoms with Gasteiger partial charge < -0.3 is 0 Å². The summed E-state index contributed by atoms with van der Waals surface area (Å²) in [6.07, 6.45) is 2.08. The standard InChI is InChI=1S/C9H9NO3/c1-3-7(11)6-5-8(12)10(4-2)9(6)13/h3,5H,1,4H2,2H3. The Kier molecular flexibility index (Phi) is 2.41. The van der Waals surface area contributed by atoms with Crippen LogP contribution in [0.3, 0.4) is 0 Å². The normalized spacial score (nSPS) is 16.1. The molecule has 0 spiro atoms. The molecular formula is C9H9NO3. The molecule has 0 atom stereocenters.